The molecule has 2 aliphatic rings. The normalized spacial score (nSPS) is 17.7. The zero-order valence-electron chi connectivity index (χ0n) is 16.0. The van der Waals surface area contributed by atoms with Gasteiger partial charge < -0.3 is 5.32 Å². The number of nitrogens with one attached hydrogen (secondary N) is 1. The second-order valence-electron chi connectivity index (χ2n) is 7.63. The number of carbonyl (C=O) groups excluding carboxylic acids is 1. The summed E-state index contributed by atoms with van der Waals surface area (Å²) in [5.74, 6) is -0.225. The molecular weight excluding hydrogens is 372 g/mol. The van der Waals surface area contributed by atoms with Crippen LogP contribution in [-0.4, -0.2) is 31.7 Å². The summed E-state index contributed by atoms with van der Waals surface area (Å²) < 4.78 is 27.3. The van der Waals surface area contributed by atoms with Gasteiger partial charge in [0, 0.05) is 24.3 Å². The molecule has 1 fully saturated rings. The number of anilines is 1. The molecule has 2 aromatic rings. The van der Waals surface area contributed by atoms with Gasteiger partial charge in [-0.3, -0.25) is 4.79 Å². The molecule has 0 unspecified atom stereocenters. The van der Waals surface area contributed by atoms with Crippen molar-refractivity contribution in [1.29, 1.82) is 0 Å². The quantitative estimate of drug-likeness (QED) is 0.847. The maximum absolute atomic E-state index is 12.8. The molecule has 0 bridgehead atoms. The molecule has 0 spiro atoms. The molecular formula is C22H26N2O3S. The van der Waals surface area contributed by atoms with Gasteiger partial charge in [0.1, 0.15) is 0 Å². The highest BCUT2D eigenvalue weighted by molar-refractivity contribution is 7.89. The van der Waals surface area contributed by atoms with Crippen LogP contribution in [0.4, 0.5) is 5.69 Å². The average molecular weight is 399 g/mol. The van der Waals surface area contributed by atoms with Gasteiger partial charge in [0.25, 0.3) is 5.91 Å². The summed E-state index contributed by atoms with van der Waals surface area (Å²) in [7, 11) is -3.49. The number of amides is 1. The fourth-order valence-electron chi connectivity index (χ4n) is 4.06. The Kier molecular flexibility index (Phi) is 5.51. The predicted molar refractivity (Wildman–Crippen MR) is 110 cm³/mol. The molecule has 1 N–H and O–H groups in total. The van der Waals surface area contributed by atoms with Gasteiger partial charge in [0.2, 0.25) is 10.0 Å². The Morgan fingerprint density at radius 3 is 2.21 bits per heavy atom. The SMILES string of the molecule is O=C(Nc1ccc2c(c1)CCC2)c1ccc(S(=O)(=O)N2CCCCCC2)cc1. The Balaban J connectivity index is 1.47. The predicted octanol–water partition coefficient (Wildman–Crippen LogP) is 3.99. The van der Waals surface area contributed by atoms with Gasteiger partial charge >= 0.3 is 0 Å². The maximum atomic E-state index is 12.8. The first-order valence-corrected chi connectivity index (χ1v) is 11.5. The van der Waals surface area contributed by atoms with E-state index in [1.54, 1.807) is 16.4 Å². The Morgan fingerprint density at radius 2 is 1.50 bits per heavy atom. The summed E-state index contributed by atoms with van der Waals surface area (Å²) in [4.78, 5) is 12.8. The van der Waals surface area contributed by atoms with Gasteiger partial charge in [-0.1, -0.05) is 18.9 Å². The monoisotopic (exact) mass is 398 g/mol. The van der Waals surface area contributed by atoms with Gasteiger partial charge in [-0.05, 0) is 79.6 Å². The van der Waals surface area contributed by atoms with Crippen LogP contribution in [0, 0.1) is 0 Å². The third kappa shape index (κ3) is 3.98. The van der Waals surface area contributed by atoms with Gasteiger partial charge in [0.15, 0.2) is 0 Å². The Bertz CT molecular complexity index is 960. The lowest BCUT2D eigenvalue weighted by molar-refractivity contribution is 0.102. The van der Waals surface area contributed by atoms with Crippen molar-refractivity contribution < 1.29 is 13.2 Å². The number of hydrogen-bond acceptors (Lipinski definition) is 3. The fraction of sp³-hybridized carbons (Fsp3) is 0.409. The molecule has 28 heavy (non-hydrogen) atoms. The van der Waals surface area contributed by atoms with E-state index in [2.05, 4.69) is 11.4 Å². The van der Waals surface area contributed by atoms with Gasteiger partial charge in [-0.2, -0.15) is 4.31 Å². The second-order valence-corrected chi connectivity index (χ2v) is 9.57. The highest BCUT2D eigenvalue weighted by Gasteiger charge is 2.25. The third-order valence-electron chi connectivity index (χ3n) is 5.68. The van der Waals surface area contributed by atoms with Crippen molar-refractivity contribution in [3.05, 3.63) is 59.2 Å². The van der Waals surface area contributed by atoms with Crippen LogP contribution in [0.15, 0.2) is 47.4 Å². The molecule has 1 aliphatic heterocycles. The van der Waals surface area contributed by atoms with Crippen molar-refractivity contribution in [2.24, 2.45) is 0 Å². The first kappa shape index (κ1) is 19.2. The number of carbonyl (C=O) groups is 1. The smallest absolute Gasteiger partial charge is 0.255 e. The van der Waals surface area contributed by atoms with E-state index >= 15 is 0 Å². The zero-order valence-corrected chi connectivity index (χ0v) is 16.8. The number of nitrogens with zero attached hydrogens (tertiary/aromatic N) is 1. The van der Waals surface area contributed by atoms with Crippen LogP contribution in [0.3, 0.4) is 0 Å². The van der Waals surface area contributed by atoms with E-state index in [-0.39, 0.29) is 10.8 Å². The highest BCUT2D eigenvalue weighted by atomic mass is 32.2. The molecule has 0 aromatic heterocycles. The van der Waals surface area contributed by atoms with E-state index in [9.17, 15) is 13.2 Å². The molecule has 1 aliphatic carbocycles. The average Bonchev–Trinajstić information content (AvgIpc) is 2.98. The van der Waals surface area contributed by atoms with Gasteiger partial charge in [-0.15, -0.1) is 0 Å². The molecule has 148 valence electrons. The summed E-state index contributed by atoms with van der Waals surface area (Å²) in [5.41, 5.74) is 3.90. The van der Waals surface area contributed by atoms with E-state index in [0.29, 0.717) is 18.7 Å². The first-order valence-electron chi connectivity index (χ1n) is 10.1. The Labute approximate surface area is 166 Å². The van der Waals surface area contributed by atoms with Crippen molar-refractivity contribution in [1.82, 2.24) is 4.31 Å². The molecule has 0 saturated carbocycles. The van der Waals surface area contributed by atoms with Gasteiger partial charge in [0.05, 0.1) is 4.90 Å². The topological polar surface area (TPSA) is 66.5 Å². The number of aryl methyl sites for hydroxylation is 2. The number of fused-ring (bicyclic) bond motifs is 1. The summed E-state index contributed by atoms with van der Waals surface area (Å²) in [6.07, 6.45) is 7.29. The fourth-order valence-corrected chi connectivity index (χ4v) is 5.58. The Morgan fingerprint density at radius 1 is 0.821 bits per heavy atom. The summed E-state index contributed by atoms with van der Waals surface area (Å²) >= 11 is 0. The molecule has 5 nitrogen and oxygen atoms in total. The molecule has 4 rings (SSSR count). The molecule has 2 aromatic carbocycles. The van der Waals surface area contributed by atoms with Crippen LogP contribution in [0.2, 0.25) is 0 Å². The molecule has 1 amide bonds. The zero-order chi connectivity index (χ0) is 19.6. The van der Waals surface area contributed by atoms with E-state index in [1.165, 1.54) is 29.7 Å². The maximum Gasteiger partial charge on any atom is 0.255 e. The van der Waals surface area contributed by atoms with E-state index in [1.807, 2.05) is 12.1 Å². The number of hydrogen-bond donors (Lipinski definition) is 1. The molecule has 1 heterocycles. The van der Waals surface area contributed by atoms with Crippen LogP contribution in [0.25, 0.3) is 0 Å². The standard InChI is InChI=1S/C22H26N2O3S/c25-22(23-20-11-8-17-6-5-7-19(17)16-20)18-9-12-21(13-10-18)28(26,27)24-14-3-1-2-4-15-24/h8-13,16H,1-7,14-15H2,(H,23,25). The minimum Gasteiger partial charge on any atom is -0.322 e. The number of rotatable bonds is 4. The van der Waals surface area contributed by atoms with Crippen molar-refractivity contribution >= 4 is 21.6 Å². The van der Waals surface area contributed by atoms with Crippen molar-refractivity contribution in [2.45, 2.75) is 49.8 Å². The number of benzene rings is 2. The highest BCUT2D eigenvalue weighted by Crippen LogP contribution is 2.25. The van der Waals surface area contributed by atoms with Crippen molar-refractivity contribution in [2.75, 3.05) is 18.4 Å². The summed E-state index contributed by atoms with van der Waals surface area (Å²) in [6, 6.07) is 12.3. The largest absolute Gasteiger partial charge is 0.322 e. The summed E-state index contributed by atoms with van der Waals surface area (Å²) in [6.45, 7) is 1.14. The Hall–Kier alpha value is -2.18. The second kappa shape index (κ2) is 8.05. The minimum atomic E-state index is -3.49. The van der Waals surface area contributed by atoms with Crippen LogP contribution < -0.4 is 5.32 Å². The summed E-state index contributed by atoms with van der Waals surface area (Å²) in [5, 5.41) is 2.92. The lowest BCUT2D eigenvalue weighted by Gasteiger charge is -2.20. The van der Waals surface area contributed by atoms with E-state index < -0.39 is 10.0 Å². The molecule has 6 heteroatoms. The van der Waals surface area contributed by atoms with Gasteiger partial charge in [-0.25, -0.2) is 8.42 Å². The van der Waals surface area contributed by atoms with E-state index in [0.717, 1.165) is 44.2 Å². The molecule has 1 saturated heterocycles. The number of sulfonamides is 1. The lowest BCUT2D eigenvalue weighted by atomic mass is 10.1. The molecule has 0 radical (unpaired) electrons. The van der Waals surface area contributed by atoms with Crippen LogP contribution in [0.5, 0.6) is 0 Å². The van der Waals surface area contributed by atoms with Crippen molar-refractivity contribution in [3.63, 3.8) is 0 Å². The third-order valence-corrected chi connectivity index (χ3v) is 7.59. The molecule has 0 atom stereocenters. The van der Waals surface area contributed by atoms with E-state index in [4.69, 9.17) is 0 Å². The van der Waals surface area contributed by atoms with Crippen LogP contribution in [0.1, 0.15) is 53.6 Å². The minimum absolute atomic E-state index is 0.225. The van der Waals surface area contributed by atoms with Crippen molar-refractivity contribution in [3.8, 4) is 0 Å². The van der Waals surface area contributed by atoms with Crippen LogP contribution in [-0.2, 0) is 22.9 Å². The van der Waals surface area contributed by atoms with Crippen LogP contribution >= 0.6 is 0 Å². The lowest BCUT2D eigenvalue weighted by Crippen LogP contribution is -2.31. The first-order chi connectivity index (χ1) is 13.5.